The molecule has 0 bridgehead atoms. The fraction of sp³-hybridized carbons (Fsp3) is 0.200. The van der Waals surface area contributed by atoms with Crippen LogP contribution in [0.1, 0.15) is 23.1 Å². The number of hydrogen-bond donors (Lipinski definition) is 2. The van der Waals surface area contributed by atoms with Crippen LogP contribution in [0.3, 0.4) is 0 Å². The lowest BCUT2D eigenvalue weighted by molar-refractivity contribution is 0.141. The summed E-state index contributed by atoms with van der Waals surface area (Å²) < 4.78 is 28.0. The van der Waals surface area contributed by atoms with Crippen LogP contribution in [0.25, 0.3) is 0 Å². The highest BCUT2D eigenvalue weighted by molar-refractivity contribution is 6.31. The van der Waals surface area contributed by atoms with Gasteiger partial charge in [0.15, 0.2) is 0 Å². The zero-order valence-electron chi connectivity index (χ0n) is 10.9. The Morgan fingerprint density at radius 2 is 1.81 bits per heavy atom. The van der Waals surface area contributed by atoms with Crippen molar-refractivity contribution in [3.05, 3.63) is 69.2 Å². The van der Waals surface area contributed by atoms with Crippen LogP contribution in [0.5, 0.6) is 0 Å². The minimum atomic E-state index is -1.31. The van der Waals surface area contributed by atoms with Gasteiger partial charge in [0.2, 0.25) is 0 Å². The first-order chi connectivity index (χ1) is 9.95. The number of nitrogens with two attached hydrogens (primary N) is 1. The van der Waals surface area contributed by atoms with Crippen LogP contribution in [0.2, 0.25) is 10.0 Å². The molecule has 2 aromatic rings. The van der Waals surface area contributed by atoms with Crippen LogP contribution in [0.4, 0.5) is 8.78 Å². The summed E-state index contributed by atoms with van der Waals surface area (Å²) in [7, 11) is 0. The van der Waals surface area contributed by atoms with Gasteiger partial charge in [-0.25, -0.2) is 8.78 Å². The third-order valence-corrected chi connectivity index (χ3v) is 3.82. The van der Waals surface area contributed by atoms with Crippen molar-refractivity contribution in [1.82, 2.24) is 0 Å². The third-order valence-electron chi connectivity index (χ3n) is 3.30. The molecule has 0 saturated carbocycles. The Labute approximate surface area is 131 Å². The maximum atomic E-state index is 14.1. The van der Waals surface area contributed by atoms with E-state index < -0.39 is 23.7 Å². The SMILES string of the molecule is NCC(c1cccc(Cl)c1F)C(O)c1ccc(Cl)cc1F. The van der Waals surface area contributed by atoms with Crippen molar-refractivity contribution in [3.63, 3.8) is 0 Å². The van der Waals surface area contributed by atoms with Gasteiger partial charge in [-0.1, -0.05) is 41.4 Å². The molecule has 21 heavy (non-hydrogen) atoms. The molecule has 0 amide bonds. The molecule has 6 heteroatoms. The summed E-state index contributed by atoms with van der Waals surface area (Å²) in [6, 6.07) is 8.30. The highest BCUT2D eigenvalue weighted by atomic mass is 35.5. The van der Waals surface area contributed by atoms with Gasteiger partial charge in [0, 0.05) is 23.0 Å². The van der Waals surface area contributed by atoms with Crippen LogP contribution in [-0.2, 0) is 0 Å². The van der Waals surface area contributed by atoms with Crippen molar-refractivity contribution < 1.29 is 13.9 Å². The summed E-state index contributed by atoms with van der Waals surface area (Å²) in [4.78, 5) is 0. The first-order valence-corrected chi connectivity index (χ1v) is 6.98. The van der Waals surface area contributed by atoms with E-state index in [1.54, 1.807) is 6.07 Å². The lowest BCUT2D eigenvalue weighted by atomic mass is 9.88. The molecule has 0 radical (unpaired) electrons. The summed E-state index contributed by atoms with van der Waals surface area (Å²) >= 11 is 11.4. The maximum absolute atomic E-state index is 14.1. The van der Waals surface area contributed by atoms with E-state index in [9.17, 15) is 13.9 Å². The number of aliphatic hydroxyl groups is 1. The maximum Gasteiger partial charge on any atom is 0.145 e. The van der Waals surface area contributed by atoms with E-state index in [1.807, 2.05) is 0 Å². The number of benzene rings is 2. The van der Waals surface area contributed by atoms with Gasteiger partial charge in [0.25, 0.3) is 0 Å². The number of halogens is 4. The van der Waals surface area contributed by atoms with Gasteiger partial charge < -0.3 is 10.8 Å². The van der Waals surface area contributed by atoms with E-state index in [4.69, 9.17) is 28.9 Å². The Hall–Kier alpha value is -1.20. The fourth-order valence-electron chi connectivity index (χ4n) is 2.19. The zero-order valence-corrected chi connectivity index (χ0v) is 12.4. The van der Waals surface area contributed by atoms with E-state index in [0.717, 1.165) is 6.07 Å². The molecule has 2 aromatic carbocycles. The van der Waals surface area contributed by atoms with E-state index in [0.29, 0.717) is 0 Å². The molecule has 0 aromatic heterocycles. The van der Waals surface area contributed by atoms with E-state index in [1.165, 1.54) is 24.3 Å². The predicted octanol–water partition coefficient (Wildman–Crippen LogP) is 4.05. The molecule has 112 valence electrons. The molecule has 0 aliphatic rings. The minimum Gasteiger partial charge on any atom is -0.388 e. The first kappa shape index (κ1) is 16.2. The second-order valence-corrected chi connectivity index (χ2v) is 5.44. The van der Waals surface area contributed by atoms with Crippen LogP contribution >= 0.6 is 23.2 Å². The molecule has 0 heterocycles. The van der Waals surface area contributed by atoms with Crippen molar-refractivity contribution in [2.75, 3.05) is 6.54 Å². The molecule has 0 spiro atoms. The minimum absolute atomic E-state index is 0.00854. The average molecular weight is 332 g/mol. The van der Waals surface area contributed by atoms with Gasteiger partial charge in [-0.2, -0.15) is 0 Å². The van der Waals surface area contributed by atoms with Crippen molar-refractivity contribution in [3.8, 4) is 0 Å². The molecule has 2 unspecified atom stereocenters. The van der Waals surface area contributed by atoms with Crippen LogP contribution in [0, 0.1) is 11.6 Å². The molecular formula is C15H13Cl2F2NO. The summed E-state index contributed by atoms with van der Waals surface area (Å²) in [6.07, 6.45) is -1.31. The van der Waals surface area contributed by atoms with E-state index in [-0.39, 0.29) is 27.7 Å². The molecule has 2 nitrogen and oxygen atoms in total. The Bertz CT molecular complexity index is 652. The monoisotopic (exact) mass is 331 g/mol. The van der Waals surface area contributed by atoms with Gasteiger partial charge in [-0.15, -0.1) is 0 Å². The van der Waals surface area contributed by atoms with Gasteiger partial charge in [0.1, 0.15) is 11.6 Å². The van der Waals surface area contributed by atoms with Crippen LogP contribution < -0.4 is 5.73 Å². The Balaban J connectivity index is 2.43. The highest BCUT2D eigenvalue weighted by Crippen LogP contribution is 2.35. The quantitative estimate of drug-likeness (QED) is 0.887. The van der Waals surface area contributed by atoms with Crippen molar-refractivity contribution >= 4 is 23.2 Å². The Morgan fingerprint density at radius 3 is 2.43 bits per heavy atom. The van der Waals surface area contributed by atoms with E-state index in [2.05, 4.69) is 0 Å². The second-order valence-electron chi connectivity index (χ2n) is 4.60. The molecule has 0 fully saturated rings. The summed E-state index contributed by atoms with van der Waals surface area (Å²) in [5.41, 5.74) is 5.78. The lowest BCUT2D eigenvalue weighted by Crippen LogP contribution is -2.22. The molecule has 3 N–H and O–H groups in total. The highest BCUT2D eigenvalue weighted by Gasteiger charge is 2.27. The standard InChI is InChI=1S/C15H13Cl2F2NO/c16-8-4-5-10(13(18)6-8)15(21)11(7-20)9-2-1-3-12(17)14(9)19/h1-6,11,15,21H,7,20H2. The molecule has 0 aliphatic heterocycles. The second kappa shape index (κ2) is 6.71. The smallest absolute Gasteiger partial charge is 0.145 e. The predicted molar refractivity (Wildman–Crippen MR) is 79.6 cm³/mol. The number of rotatable bonds is 4. The molecule has 0 aliphatic carbocycles. The normalized spacial score (nSPS) is 14.0. The fourth-order valence-corrected chi connectivity index (χ4v) is 2.53. The van der Waals surface area contributed by atoms with Crippen molar-refractivity contribution in [1.29, 1.82) is 0 Å². The lowest BCUT2D eigenvalue weighted by Gasteiger charge is -2.23. The third kappa shape index (κ3) is 3.35. The van der Waals surface area contributed by atoms with Gasteiger partial charge in [-0.3, -0.25) is 0 Å². The number of hydrogen-bond acceptors (Lipinski definition) is 2. The van der Waals surface area contributed by atoms with Gasteiger partial charge in [0.05, 0.1) is 11.1 Å². The van der Waals surface area contributed by atoms with Crippen molar-refractivity contribution in [2.45, 2.75) is 12.0 Å². The summed E-state index contributed by atoms with van der Waals surface area (Å²) in [5.74, 6) is -2.15. The molecular weight excluding hydrogens is 319 g/mol. The van der Waals surface area contributed by atoms with E-state index >= 15 is 0 Å². The largest absolute Gasteiger partial charge is 0.388 e. The molecule has 2 atom stereocenters. The molecule has 0 saturated heterocycles. The molecule has 2 rings (SSSR count). The Kier molecular flexibility index (Phi) is 5.17. The average Bonchev–Trinajstić information content (AvgIpc) is 2.44. The zero-order chi connectivity index (χ0) is 15.6. The van der Waals surface area contributed by atoms with Gasteiger partial charge in [-0.05, 0) is 23.8 Å². The summed E-state index contributed by atoms with van der Waals surface area (Å²) in [6.45, 7) is -0.0690. The van der Waals surface area contributed by atoms with Crippen LogP contribution in [0.15, 0.2) is 36.4 Å². The Morgan fingerprint density at radius 1 is 1.10 bits per heavy atom. The van der Waals surface area contributed by atoms with Crippen molar-refractivity contribution in [2.24, 2.45) is 5.73 Å². The summed E-state index contributed by atoms with van der Waals surface area (Å²) in [5, 5.41) is 10.5. The first-order valence-electron chi connectivity index (χ1n) is 6.22. The van der Waals surface area contributed by atoms with Crippen LogP contribution in [-0.4, -0.2) is 11.7 Å². The topological polar surface area (TPSA) is 46.2 Å². The van der Waals surface area contributed by atoms with Gasteiger partial charge >= 0.3 is 0 Å². The number of aliphatic hydroxyl groups excluding tert-OH is 1.